The van der Waals surface area contributed by atoms with Gasteiger partial charge >= 0.3 is 0 Å². The molecule has 2 unspecified atom stereocenters. The molecule has 7 nitrogen and oxygen atoms in total. The van der Waals surface area contributed by atoms with E-state index in [4.69, 9.17) is 0 Å². The van der Waals surface area contributed by atoms with Gasteiger partial charge in [0.15, 0.2) is 0 Å². The van der Waals surface area contributed by atoms with E-state index in [0.717, 1.165) is 11.1 Å². The summed E-state index contributed by atoms with van der Waals surface area (Å²) in [5.74, 6) is 0.165. The van der Waals surface area contributed by atoms with Gasteiger partial charge in [-0.25, -0.2) is 10.9 Å². The number of carbonyl (C=O) groups is 2. The van der Waals surface area contributed by atoms with Gasteiger partial charge < -0.3 is 10.2 Å². The zero-order valence-corrected chi connectivity index (χ0v) is 16.4. The molecule has 0 spiro atoms. The SMILES string of the molecule is O=C(NCc1ccccc1)C1CCN(C(=O)C2CC(c3ccncc3)NN2)CC1. The number of carbonyl (C=O) groups excluding carboxylic acids is 2. The summed E-state index contributed by atoms with van der Waals surface area (Å²) < 4.78 is 0. The molecule has 3 heterocycles. The van der Waals surface area contributed by atoms with Crippen molar-refractivity contribution in [3.63, 3.8) is 0 Å². The van der Waals surface area contributed by atoms with Crippen molar-refractivity contribution in [3.05, 3.63) is 66.0 Å². The minimum absolute atomic E-state index is 0.0259. The van der Waals surface area contributed by atoms with Crippen LogP contribution in [0.5, 0.6) is 0 Å². The first kappa shape index (κ1) is 19.5. The highest BCUT2D eigenvalue weighted by atomic mass is 16.2. The van der Waals surface area contributed by atoms with Gasteiger partial charge in [-0.3, -0.25) is 14.6 Å². The molecule has 3 N–H and O–H groups in total. The van der Waals surface area contributed by atoms with Crippen LogP contribution in [0.1, 0.15) is 36.4 Å². The Balaban J connectivity index is 1.23. The van der Waals surface area contributed by atoms with Crippen LogP contribution in [0.15, 0.2) is 54.9 Å². The summed E-state index contributed by atoms with van der Waals surface area (Å²) >= 11 is 0. The maximum absolute atomic E-state index is 12.9. The molecule has 2 aliphatic heterocycles. The van der Waals surface area contributed by atoms with Gasteiger partial charge in [-0.15, -0.1) is 0 Å². The highest BCUT2D eigenvalue weighted by Gasteiger charge is 2.35. The lowest BCUT2D eigenvalue weighted by molar-refractivity contribution is -0.137. The van der Waals surface area contributed by atoms with Crippen molar-refractivity contribution in [2.75, 3.05) is 13.1 Å². The van der Waals surface area contributed by atoms with Crippen LogP contribution < -0.4 is 16.2 Å². The fourth-order valence-corrected chi connectivity index (χ4v) is 4.04. The first-order valence-electron chi connectivity index (χ1n) is 10.2. The van der Waals surface area contributed by atoms with Crippen molar-refractivity contribution in [1.29, 1.82) is 0 Å². The number of hydrazine groups is 1. The van der Waals surface area contributed by atoms with E-state index in [-0.39, 0.29) is 29.8 Å². The summed E-state index contributed by atoms with van der Waals surface area (Å²) in [5, 5.41) is 3.02. The van der Waals surface area contributed by atoms with E-state index in [9.17, 15) is 9.59 Å². The van der Waals surface area contributed by atoms with Crippen LogP contribution >= 0.6 is 0 Å². The molecule has 2 atom stereocenters. The Morgan fingerprint density at radius 3 is 2.48 bits per heavy atom. The Kier molecular flexibility index (Phi) is 6.17. The van der Waals surface area contributed by atoms with Gasteiger partial charge in [-0.05, 0) is 42.5 Å². The smallest absolute Gasteiger partial charge is 0.241 e. The molecular formula is C22H27N5O2. The Labute approximate surface area is 170 Å². The molecule has 0 bridgehead atoms. The number of piperidine rings is 1. The maximum atomic E-state index is 12.9. The Bertz CT molecular complexity index is 822. The van der Waals surface area contributed by atoms with E-state index in [1.54, 1.807) is 12.4 Å². The minimum Gasteiger partial charge on any atom is -0.352 e. The van der Waals surface area contributed by atoms with Gasteiger partial charge in [-0.2, -0.15) is 0 Å². The second-order valence-electron chi connectivity index (χ2n) is 7.71. The largest absolute Gasteiger partial charge is 0.352 e. The Morgan fingerprint density at radius 1 is 1.03 bits per heavy atom. The molecule has 2 fully saturated rings. The third-order valence-electron chi connectivity index (χ3n) is 5.80. The topological polar surface area (TPSA) is 86.4 Å². The molecule has 1 aromatic carbocycles. The van der Waals surface area contributed by atoms with Gasteiger partial charge in [0.1, 0.15) is 6.04 Å². The third-order valence-corrected chi connectivity index (χ3v) is 5.80. The number of hydrogen-bond acceptors (Lipinski definition) is 5. The lowest BCUT2D eigenvalue weighted by Gasteiger charge is -2.32. The fourth-order valence-electron chi connectivity index (χ4n) is 4.04. The lowest BCUT2D eigenvalue weighted by atomic mass is 9.94. The van der Waals surface area contributed by atoms with Crippen molar-refractivity contribution < 1.29 is 9.59 Å². The summed E-state index contributed by atoms with van der Waals surface area (Å²) in [6, 6.07) is 13.7. The summed E-state index contributed by atoms with van der Waals surface area (Å²) in [4.78, 5) is 31.3. The monoisotopic (exact) mass is 393 g/mol. The van der Waals surface area contributed by atoms with E-state index in [1.165, 1.54) is 0 Å². The van der Waals surface area contributed by atoms with Crippen LogP contribution in [-0.4, -0.2) is 40.8 Å². The molecule has 2 saturated heterocycles. The second-order valence-corrected chi connectivity index (χ2v) is 7.71. The molecule has 0 saturated carbocycles. The van der Waals surface area contributed by atoms with Crippen LogP contribution in [0, 0.1) is 5.92 Å². The summed E-state index contributed by atoms with van der Waals surface area (Å²) in [6.07, 6.45) is 5.65. The summed E-state index contributed by atoms with van der Waals surface area (Å²) in [6.45, 7) is 1.80. The first-order chi connectivity index (χ1) is 14.2. The van der Waals surface area contributed by atoms with E-state index < -0.39 is 0 Å². The van der Waals surface area contributed by atoms with Crippen LogP contribution in [0.25, 0.3) is 0 Å². The molecule has 2 aliphatic rings. The molecule has 0 radical (unpaired) electrons. The number of aromatic nitrogens is 1. The van der Waals surface area contributed by atoms with Crippen LogP contribution in [-0.2, 0) is 16.1 Å². The standard InChI is InChI=1S/C22H27N5O2/c28-21(24-15-16-4-2-1-3-5-16)18-8-12-27(13-9-18)22(29)20-14-19(25-26-20)17-6-10-23-11-7-17/h1-7,10-11,18-20,25-26H,8-9,12-15H2,(H,24,28). The van der Waals surface area contributed by atoms with Crippen LogP contribution in [0.2, 0.25) is 0 Å². The minimum atomic E-state index is -0.239. The average Bonchev–Trinajstić information content (AvgIpc) is 3.29. The number of rotatable bonds is 5. The zero-order chi connectivity index (χ0) is 20.1. The predicted octanol–water partition coefficient (Wildman–Crippen LogP) is 1.54. The lowest BCUT2D eigenvalue weighted by Crippen LogP contribution is -2.49. The molecule has 4 rings (SSSR count). The number of amides is 2. The number of likely N-dealkylation sites (tertiary alicyclic amines) is 1. The van der Waals surface area contributed by atoms with Gasteiger partial charge in [0.25, 0.3) is 0 Å². The zero-order valence-electron chi connectivity index (χ0n) is 16.4. The van der Waals surface area contributed by atoms with Crippen molar-refractivity contribution in [2.45, 2.75) is 37.9 Å². The van der Waals surface area contributed by atoms with Crippen LogP contribution in [0.4, 0.5) is 0 Å². The molecule has 2 amide bonds. The normalized spacial score (nSPS) is 22.4. The number of benzene rings is 1. The first-order valence-corrected chi connectivity index (χ1v) is 10.2. The molecule has 7 heteroatoms. The molecule has 1 aromatic heterocycles. The number of hydrogen-bond donors (Lipinski definition) is 3. The highest BCUT2D eigenvalue weighted by molar-refractivity contribution is 5.83. The molecule has 0 aliphatic carbocycles. The van der Waals surface area contributed by atoms with Crippen molar-refractivity contribution in [2.24, 2.45) is 5.92 Å². The molecule has 29 heavy (non-hydrogen) atoms. The van der Waals surface area contributed by atoms with Gasteiger partial charge in [0, 0.05) is 44.0 Å². The Morgan fingerprint density at radius 2 is 1.76 bits per heavy atom. The quantitative estimate of drug-likeness (QED) is 0.718. The number of pyridine rings is 1. The van der Waals surface area contributed by atoms with Gasteiger partial charge in [0.2, 0.25) is 11.8 Å². The Hall–Kier alpha value is -2.77. The van der Waals surface area contributed by atoms with Crippen molar-refractivity contribution >= 4 is 11.8 Å². The van der Waals surface area contributed by atoms with E-state index in [2.05, 4.69) is 21.2 Å². The average molecular weight is 393 g/mol. The van der Waals surface area contributed by atoms with E-state index in [0.29, 0.717) is 38.9 Å². The molecule has 152 valence electrons. The van der Waals surface area contributed by atoms with Gasteiger partial charge in [0.05, 0.1) is 0 Å². The predicted molar refractivity (Wildman–Crippen MR) is 109 cm³/mol. The fraction of sp³-hybridized carbons (Fsp3) is 0.409. The van der Waals surface area contributed by atoms with E-state index in [1.807, 2.05) is 47.4 Å². The summed E-state index contributed by atoms with van der Waals surface area (Å²) in [5.41, 5.74) is 8.56. The third kappa shape index (κ3) is 4.81. The van der Waals surface area contributed by atoms with Gasteiger partial charge in [-0.1, -0.05) is 30.3 Å². The highest BCUT2D eigenvalue weighted by Crippen LogP contribution is 2.24. The number of nitrogens with zero attached hydrogens (tertiary/aromatic N) is 2. The van der Waals surface area contributed by atoms with Crippen molar-refractivity contribution in [3.8, 4) is 0 Å². The van der Waals surface area contributed by atoms with Crippen LogP contribution in [0.3, 0.4) is 0 Å². The summed E-state index contributed by atoms with van der Waals surface area (Å²) in [7, 11) is 0. The van der Waals surface area contributed by atoms with E-state index >= 15 is 0 Å². The second kappa shape index (κ2) is 9.15. The molecular weight excluding hydrogens is 366 g/mol. The maximum Gasteiger partial charge on any atom is 0.241 e. The number of nitrogens with one attached hydrogen (secondary N) is 3. The molecule has 2 aromatic rings. The van der Waals surface area contributed by atoms with Crippen molar-refractivity contribution in [1.82, 2.24) is 26.1 Å².